The molecule has 9 heteroatoms. The molecule has 1 aromatic heterocycles. The molecule has 0 saturated heterocycles. The van der Waals surface area contributed by atoms with Crippen LogP contribution in [0.3, 0.4) is 0 Å². The van der Waals surface area contributed by atoms with Crippen LogP contribution in [0, 0.1) is 0 Å². The number of ether oxygens (including phenoxy) is 5. The van der Waals surface area contributed by atoms with Crippen LogP contribution >= 0.6 is 0 Å². The Morgan fingerprint density at radius 2 is 1.77 bits per heavy atom. The molecule has 0 aliphatic carbocycles. The summed E-state index contributed by atoms with van der Waals surface area (Å²) in [5.41, 5.74) is 2.38. The molecule has 202 valence electrons. The molecule has 39 heavy (non-hydrogen) atoms. The second-order valence-electron chi connectivity index (χ2n) is 9.06. The topological polar surface area (TPSA) is 96.7 Å². The van der Waals surface area contributed by atoms with Gasteiger partial charge in [-0.25, -0.2) is 4.79 Å². The van der Waals surface area contributed by atoms with E-state index in [0.29, 0.717) is 66.0 Å². The number of nitrogens with zero attached hydrogens (tertiary/aromatic N) is 1. The molecule has 0 amide bonds. The van der Waals surface area contributed by atoms with E-state index in [-0.39, 0.29) is 11.2 Å². The molecular weight excluding hydrogens is 502 g/mol. The molecule has 1 aliphatic heterocycles. The zero-order valence-electron chi connectivity index (χ0n) is 22.0. The van der Waals surface area contributed by atoms with Gasteiger partial charge in [-0.05, 0) is 60.5 Å². The van der Waals surface area contributed by atoms with Crippen molar-refractivity contribution in [1.29, 1.82) is 0 Å². The third kappa shape index (κ3) is 5.53. The average Bonchev–Trinajstić information content (AvgIpc) is 2.97. The van der Waals surface area contributed by atoms with Crippen molar-refractivity contribution >= 4 is 16.9 Å². The normalized spacial score (nSPS) is 12.9. The number of rotatable bonds is 9. The molecule has 0 radical (unpaired) electrons. The van der Waals surface area contributed by atoms with Gasteiger partial charge in [-0.1, -0.05) is 13.0 Å². The lowest BCUT2D eigenvalue weighted by Crippen LogP contribution is -2.31. The standard InChI is InChI=1S/C30H29NO8/c1-4-13-36-30(33)20-6-8-21(9-7-20)39-27-17-37-29-22(28(27)32)10-12-24-23(29)16-31(18-38-24)15-19-5-11-25(34-2)26(14-19)35-3/h5-12,14,17H,4,13,15-16,18H2,1-3H3. The SMILES string of the molecule is CCCOC(=O)c1ccc(Oc2coc3c4c(ccc3c2=O)OCN(Cc2ccc(OC)c(OC)c2)C4)cc1. The van der Waals surface area contributed by atoms with Gasteiger partial charge in [0, 0.05) is 13.1 Å². The van der Waals surface area contributed by atoms with Crippen molar-refractivity contribution in [2.45, 2.75) is 26.4 Å². The van der Waals surface area contributed by atoms with Crippen LogP contribution in [0.5, 0.6) is 28.7 Å². The molecule has 1 aliphatic rings. The third-order valence-corrected chi connectivity index (χ3v) is 6.36. The third-order valence-electron chi connectivity index (χ3n) is 6.36. The quantitative estimate of drug-likeness (QED) is 0.259. The van der Waals surface area contributed by atoms with Crippen LogP contribution in [-0.4, -0.2) is 38.4 Å². The van der Waals surface area contributed by atoms with Gasteiger partial charge < -0.3 is 28.1 Å². The molecule has 9 nitrogen and oxygen atoms in total. The molecule has 3 aromatic carbocycles. The maximum atomic E-state index is 13.3. The highest BCUT2D eigenvalue weighted by atomic mass is 16.5. The van der Waals surface area contributed by atoms with Crippen LogP contribution in [0.2, 0.25) is 0 Å². The van der Waals surface area contributed by atoms with Gasteiger partial charge in [0.25, 0.3) is 0 Å². The molecule has 2 heterocycles. The summed E-state index contributed by atoms with van der Waals surface area (Å²) in [5.74, 6) is 2.04. The summed E-state index contributed by atoms with van der Waals surface area (Å²) in [5, 5.41) is 0.391. The summed E-state index contributed by atoms with van der Waals surface area (Å²) in [7, 11) is 3.21. The van der Waals surface area contributed by atoms with Crippen molar-refractivity contribution in [2.75, 3.05) is 27.6 Å². The molecule has 0 N–H and O–H groups in total. The van der Waals surface area contributed by atoms with Gasteiger partial charge in [0.1, 0.15) is 30.1 Å². The van der Waals surface area contributed by atoms with Crippen LogP contribution in [0.25, 0.3) is 11.0 Å². The summed E-state index contributed by atoms with van der Waals surface area (Å²) in [6, 6.07) is 15.7. The first-order valence-corrected chi connectivity index (χ1v) is 12.6. The lowest BCUT2D eigenvalue weighted by atomic mass is 10.1. The Kier molecular flexibility index (Phi) is 7.69. The van der Waals surface area contributed by atoms with E-state index in [1.807, 2.05) is 25.1 Å². The van der Waals surface area contributed by atoms with E-state index in [4.69, 9.17) is 28.1 Å². The summed E-state index contributed by atoms with van der Waals surface area (Å²) in [6.45, 7) is 3.81. The van der Waals surface area contributed by atoms with E-state index in [0.717, 1.165) is 17.5 Å². The van der Waals surface area contributed by atoms with Crippen molar-refractivity contribution in [3.63, 3.8) is 0 Å². The van der Waals surface area contributed by atoms with E-state index in [2.05, 4.69) is 4.90 Å². The van der Waals surface area contributed by atoms with Crippen LogP contribution in [0.4, 0.5) is 0 Å². The maximum Gasteiger partial charge on any atom is 0.338 e. The fourth-order valence-corrected chi connectivity index (χ4v) is 4.41. The number of carbonyl (C=O) groups is 1. The maximum absolute atomic E-state index is 13.3. The summed E-state index contributed by atoms with van der Waals surface area (Å²) < 4.78 is 33.6. The molecule has 0 fully saturated rings. The van der Waals surface area contributed by atoms with Gasteiger partial charge in [0.05, 0.1) is 37.3 Å². The van der Waals surface area contributed by atoms with Gasteiger partial charge in [0.2, 0.25) is 11.2 Å². The number of carbonyl (C=O) groups excluding carboxylic acids is 1. The Labute approximate surface area is 225 Å². The Bertz CT molecular complexity index is 1540. The number of fused-ring (bicyclic) bond motifs is 3. The number of methoxy groups -OCH3 is 2. The zero-order valence-corrected chi connectivity index (χ0v) is 22.0. The van der Waals surface area contributed by atoms with Crippen molar-refractivity contribution in [1.82, 2.24) is 4.90 Å². The fraction of sp³-hybridized carbons (Fsp3) is 0.267. The molecule has 0 saturated carbocycles. The lowest BCUT2D eigenvalue weighted by molar-refractivity contribution is 0.0505. The monoisotopic (exact) mass is 531 g/mol. The van der Waals surface area contributed by atoms with Crippen LogP contribution in [0.15, 0.2) is 70.1 Å². The second-order valence-corrected chi connectivity index (χ2v) is 9.06. The molecular formula is C30H29NO8. The highest BCUT2D eigenvalue weighted by Gasteiger charge is 2.23. The second kappa shape index (κ2) is 11.5. The van der Waals surface area contributed by atoms with Crippen LogP contribution < -0.4 is 24.4 Å². The summed E-state index contributed by atoms with van der Waals surface area (Å²) >= 11 is 0. The average molecular weight is 532 g/mol. The molecule has 4 aromatic rings. The van der Waals surface area contributed by atoms with E-state index in [1.165, 1.54) is 6.26 Å². The predicted octanol–water partition coefficient (Wildman–Crippen LogP) is 5.52. The molecule has 0 bridgehead atoms. The summed E-state index contributed by atoms with van der Waals surface area (Å²) in [6.07, 6.45) is 2.05. The van der Waals surface area contributed by atoms with Crippen LogP contribution in [-0.2, 0) is 17.8 Å². The Morgan fingerprint density at radius 1 is 0.974 bits per heavy atom. The minimum Gasteiger partial charge on any atom is -0.493 e. The van der Waals surface area contributed by atoms with Crippen molar-refractivity contribution in [2.24, 2.45) is 0 Å². The van der Waals surface area contributed by atoms with Crippen LogP contribution in [0.1, 0.15) is 34.8 Å². The number of hydrogen-bond donors (Lipinski definition) is 0. The first kappa shape index (κ1) is 26.1. The number of hydrogen-bond acceptors (Lipinski definition) is 9. The first-order chi connectivity index (χ1) is 19.0. The van der Waals surface area contributed by atoms with E-state index in [1.54, 1.807) is 50.6 Å². The fourth-order valence-electron chi connectivity index (χ4n) is 4.41. The smallest absolute Gasteiger partial charge is 0.338 e. The first-order valence-electron chi connectivity index (χ1n) is 12.6. The van der Waals surface area contributed by atoms with E-state index >= 15 is 0 Å². The Hall–Kier alpha value is -4.50. The molecule has 0 unspecified atom stereocenters. The van der Waals surface area contributed by atoms with Gasteiger partial charge in [-0.2, -0.15) is 0 Å². The summed E-state index contributed by atoms with van der Waals surface area (Å²) in [4.78, 5) is 27.4. The Morgan fingerprint density at radius 3 is 2.51 bits per heavy atom. The minimum atomic E-state index is -0.402. The largest absolute Gasteiger partial charge is 0.493 e. The van der Waals surface area contributed by atoms with Crippen molar-refractivity contribution in [3.8, 4) is 28.7 Å². The lowest BCUT2D eigenvalue weighted by Gasteiger charge is -2.29. The number of esters is 1. The highest BCUT2D eigenvalue weighted by Crippen LogP contribution is 2.34. The predicted molar refractivity (Wildman–Crippen MR) is 144 cm³/mol. The van der Waals surface area contributed by atoms with E-state index < -0.39 is 5.97 Å². The number of benzene rings is 3. The van der Waals surface area contributed by atoms with Crippen molar-refractivity contribution in [3.05, 3.63) is 87.8 Å². The van der Waals surface area contributed by atoms with Gasteiger partial charge in [-0.15, -0.1) is 0 Å². The molecule has 5 rings (SSSR count). The molecule has 0 atom stereocenters. The van der Waals surface area contributed by atoms with Gasteiger partial charge in [0.15, 0.2) is 11.5 Å². The van der Waals surface area contributed by atoms with Crippen molar-refractivity contribution < 1.29 is 32.9 Å². The zero-order chi connectivity index (χ0) is 27.4. The Balaban J connectivity index is 1.35. The minimum absolute atomic E-state index is 0.0441. The van der Waals surface area contributed by atoms with E-state index in [9.17, 15) is 9.59 Å². The molecule has 0 spiro atoms. The van der Waals surface area contributed by atoms with Gasteiger partial charge in [-0.3, -0.25) is 9.69 Å². The highest BCUT2D eigenvalue weighted by molar-refractivity contribution is 5.89. The van der Waals surface area contributed by atoms with Gasteiger partial charge >= 0.3 is 5.97 Å².